The third-order valence-electron chi connectivity index (χ3n) is 5.23. The number of nitrogens with one attached hydrogen (secondary N) is 2. The molecule has 1 amide bonds. The number of carbonyl (C=O) groups is 1. The zero-order valence-corrected chi connectivity index (χ0v) is 17.9. The Balaban J connectivity index is 1.42. The molecule has 0 radical (unpaired) electrons. The van der Waals surface area contributed by atoms with Gasteiger partial charge in [0.05, 0.1) is 19.9 Å². The number of para-hydroxylation sites is 1. The molecule has 164 valence electrons. The van der Waals surface area contributed by atoms with Crippen LogP contribution in [0.5, 0.6) is 11.5 Å². The number of aromatic nitrogens is 3. The van der Waals surface area contributed by atoms with Crippen molar-refractivity contribution in [2.75, 3.05) is 20.8 Å². The molecule has 8 heteroatoms. The number of rotatable bonds is 8. The third kappa shape index (κ3) is 4.49. The van der Waals surface area contributed by atoms with Gasteiger partial charge in [-0.15, -0.1) is 0 Å². The maximum Gasteiger partial charge on any atom is 0.267 e. The van der Waals surface area contributed by atoms with E-state index in [1.54, 1.807) is 32.4 Å². The summed E-state index contributed by atoms with van der Waals surface area (Å²) in [7, 11) is 3.11. The van der Waals surface area contributed by atoms with Gasteiger partial charge in [-0.2, -0.15) is 5.10 Å². The maximum atomic E-state index is 12.4. The minimum atomic E-state index is -0.346. The number of methoxy groups -OCH3 is 2. The van der Waals surface area contributed by atoms with Gasteiger partial charge in [-0.3, -0.25) is 9.59 Å². The molecule has 4 rings (SSSR count). The molecule has 0 aliphatic rings. The van der Waals surface area contributed by atoms with Crippen LogP contribution in [0.3, 0.4) is 0 Å². The van der Waals surface area contributed by atoms with E-state index in [1.807, 2.05) is 36.5 Å². The van der Waals surface area contributed by atoms with E-state index in [0.717, 1.165) is 26.7 Å². The largest absolute Gasteiger partial charge is 0.493 e. The van der Waals surface area contributed by atoms with Crippen LogP contribution in [-0.4, -0.2) is 41.4 Å². The molecule has 32 heavy (non-hydrogen) atoms. The minimum absolute atomic E-state index is 0.159. The van der Waals surface area contributed by atoms with Crippen LogP contribution in [0, 0.1) is 0 Å². The van der Waals surface area contributed by atoms with Crippen LogP contribution in [0.25, 0.3) is 22.2 Å². The number of amides is 1. The summed E-state index contributed by atoms with van der Waals surface area (Å²) in [6, 6.07) is 16.4. The number of aromatic amines is 1. The lowest BCUT2D eigenvalue weighted by atomic mass is 10.1. The van der Waals surface area contributed by atoms with Gasteiger partial charge in [-0.1, -0.05) is 18.2 Å². The van der Waals surface area contributed by atoms with Crippen molar-refractivity contribution < 1.29 is 14.3 Å². The summed E-state index contributed by atoms with van der Waals surface area (Å²) >= 11 is 0. The Morgan fingerprint density at radius 3 is 2.69 bits per heavy atom. The van der Waals surface area contributed by atoms with Crippen LogP contribution in [-0.2, 0) is 17.8 Å². The fraction of sp³-hybridized carbons (Fsp3) is 0.208. The number of nitrogens with zero attached hydrogens (tertiary/aromatic N) is 2. The number of benzene rings is 2. The van der Waals surface area contributed by atoms with E-state index in [9.17, 15) is 9.59 Å². The molecule has 0 spiro atoms. The maximum absolute atomic E-state index is 12.4. The molecule has 0 aliphatic carbocycles. The van der Waals surface area contributed by atoms with Crippen molar-refractivity contribution >= 4 is 16.8 Å². The summed E-state index contributed by atoms with van der Waals surface area (Å²) in [6.45, 7) is 0.304. The monoisotopic (exact) mass is 432 g/mol. The molecule has 2 heterocycles. The first-order valence-corrected chi connectivity index (χ1v) is 10.2. The predicted octanol–water partition coefficient (Wildman–Crippen LogP) is 2.77. The Bertz CT molecular complexity index is 1310. The van der Waals surface area contributed by atoms with Gasteiger partial charge in [-0.25, -0.2) is 4.68 Å². The Hall–Kier alpha value is -4.07. The van der Waals surface area contributed by atoms with Crippen LogP contribution >= 0.6 is 0 Å². The highest BCUT2D eigenvalue weighted by molar-refractivity contribution is 5.83. The Morgan fingerprint density at radius 2 is 1.88 bits per heavy atom. The zero-order valence-electron chi connectivity index (χ0n) is 17.9. The van der Waals surface area contributed by atoms with E-state index >= 15 is 0 Å². The molecule has 2 aromatic heterocycles. The number of hydrogen-bond acceptors (Lipinski definition) is 5. The van der Waals surface area contributed by atoms with Gasteiger partial charge >= 0.3 is 0 Å². The molecule has 0 aliphatic heterocycles. The lowest BCUT2D eigenvalue weighted by molar-refractivity contribution is -0.121. The molecule has 0 bridgehead atoms. The minimum Gasteiger partial charge on any atom is -0.493 e. The number of fused-ring (bicyclic) bond motifs is 1. The number of carbonyl (C=O) groups excluding carboxylic acids is 1. The number of hydrogen-bond donors (Lipinski definition) is 2. The second-order valence-electron chi connectivity index (χ2n) is 7.24. The van der Waals surface area contributed by atoms with E-state index in [-0.39, 0.29) is 18.0 Å². The van der Waals surface area contributed by atoms with E-state index in [0.29, 0.717) is 30.2 Å². The summed E-state index contributed by atoms with van der Waals surface area (Å²) in [4.78, 5) is 27.9. The summed E-state index contributed by atoms with van der Waals surface area (Å²) in [6.07, 6.45) is 2.64. The van der Waals surface area contributed by atoms with Gasteiger partial charge in [0.25, 0.3) is 5.56 Å². The van der Waals surface area contributed by atoms with Gasteiger partial charge in [0, 0.05) is 35.3 Å². The standard InChI is InChI=1S/C24H24N4O4/c1-31-21-9-7-16(13-22(21)32-2)19-8-10-24(30)28(27-19)15-23(29)25-12-11-17-14-26-20-6-4-3-5-18(17)20/h3-10,13-14,26H,11-12,15H2,1-2H3,(H,25,29). The molecule has 0 fully saturated rings. The van der Waals surface area contributed by atoms with E-state index < -0.39 is 0 Å². The molecule has 2 N–H and O–H groups in total. The SMILES string of the molecule is COc1ccc(-c2ccc(=O)n(CC(=O)NCCc3c[nH]c4ccccc34)n2)cc1OC. The average Bonchev–Trinajstić information content (AvgIpc) is 3.23. The molecule has 8 nitrogen and oxygen atoms in total. The van der Waals surface area contributed by atoms with Gasteiger partial charge in [0.15, 0.2) is 11.5 Å². The van der Waals surface area contributed by atoms with E-state index in [2.05, 4.69) is 15.4 Å². The first-order valence-electron chi connectivity index (χ1n) is 10.2. The van der Waals surface area contributed by atoms with Crippen molar-refractivity contribution in [1.29, 1.82) is 0 Å². The van der Waals surface area contributed by atoms with Crippen molar-refractivity contribution in [1.82, 2.24) is 20.1 Å². The fourth-order valence-electron chi connectivity index (χ4n) is 3.58. The van der Waals surface area contributed by atoms with E-state index in [4.69, 9.17) is 9.47 Å². The predicted molar refractivity (Wildman–Crippen MR) is 122 cm³/mol. The smallest absolute Gasteiger partial charge is 0.267 e. The first-order chi connectivity index (χ1) is 15.6. The van der Waals surface area contributed by atoms with Crippen molar-refractivity contribution in [3.63, 3.8) is 0 Å². The van der Waals surface area contributed by atoms with E-state index in [1.165, 1.54) is 6.07 Å². The molecule has 2 aromatic carbocycles. The van der Waals surface area contributed by atoms with Crippen molar-refractivity contribution in [3.05, 3.63) is 76.7 Å². The summed E-state index contributed by atoms with van der Waals surface area (Å²) in [5.74, 6) is 0.877. The molecule has 4 aromatic rings. The number of ether oxygens (including phenoxy) is 2. The Morgan fingerprint density at radius 1 is 1.06 bits per heavy atom. The zero-order chi connectivity index (χ0) is 22.5. The van der Waals surface area contributed by atoms with Gasteiger partial charge < -0.3 is 19.8 Å². The topological polar surface area (TPSA) is 98.2 Å². The van der Waals surface area contributed by atoms with Crippen LogP contribution in [0.2, 0.25) is 0 Å². The molecule has 0 unspecified atom stereocenters. The molecule has 0 saturated heterocycles. The van der Waals surface area contributed by atoms with Gasteiger partial charge in [-0.05, 0) is 42.3 Å². The Labute approximate surface area is 184 Å². The summed E-state index contributed by atoms with van der Waals surface area (Å²) in [5, 5.41) is 8.36. The normalized spacial score (nSPS) is 10.8. The van der Waals surface area contributed by atoms with Crippen LogP contribution in [0.4, 0.5) is 0 Å². The summed E-state index contributed by atoms with van der Waals surface area (Å²) < 4.78 is 11.7. The molecule has 0 atom stereocenters. The summed E-state index contributed by atoms with van der Waals surface area (Å²) in [5.41, 5.74) is 3.15. The first kappa shape index (κ1) is 21.2. The van der Waals surface area contributed by atoms with Crippen LogP contribution in [0.15, 0.2) is 65.6 Å². The van der Waals surface area contributed by atoms with Crippen molar-refractivity contribution in [2.45, 2.75) is 13.0 Å². The second-order valence-corrected chi connectivity index (χ2v) is 7.24. The fourth-order valence-corrected chi connectivity index (χ4v) is 3.58. The van der Waals surface area contributed by atoms with Crippen molar-refractivity contribution in [2.24, 2.45) is 0 Å². The lowest BCUT2D eigenvalue weighted by Crippen LogP contribution is -2.34. The van der Waals surface area contributed by atoms with Crippen molar-refractivity contribution in [3.8, 4) is 22.8 Å². The Kier molecular flexibility index (Phi) is 6.21. The second kappa shape index (κ2) is 9.38. The molecular formula is C24H24N4O4. The average molecular weight is 432 g/mol. The molecule has 0 saturated carbocycles. The highest BCUT2D eigenvalue weighted by Gasteiger charge is 2.11. The van der Waals surface area contributed by atoms with Crippen LogP contribution < -0.4 is 20.3 Å². The third-order valence-corrected chi connectivity index (χ3v) is 5.23. The molecular weight excluding hydrogens is 408 g/mol. The quantitative estimate of drug-likeness (QED) is 0.446. The number of H-pyrrole nitrogens is 1. The van der Waals surface area contributed by atoms with Crippen LogP contribution in [0.1, 0.15) is 5.56 Å². The van der Waals surface area contributed by atoms with Gasteiger partial charge in [0.1, 0.15) is 6.54 Å². The van der Waals surface area contributed by atoms with Gasteiger partial charge in [0.2, 0.25) is 5.91 Å². The lowest BCUT2D eigenvalue weighted by Gasteiger charge is -2.11. The highest BCUT2D eigenvalue weighted by atomic mass is 16.5. The highest BCUT2D eigenvalue weighted by Crippen LogP contribution is 2.31.